The van der Waals surface area contributed by atoms with Crippen LogP contribution < -0.4 is 10.6 Å². The highest BCUT2D eigenvalue weighted by molar-refractivity contribution is 5.79. The Morgan fingerprint density at radius 3 is 2.83 bits per heavy atom. The van der Waals surface area contributed by atoms with Gasteiger partial charge in [-0.2, -0.15) is 0 Å². The van der Waals surface area contributed by atoms with E-state index < -0.39 is 0 Å². The van der Waals surface area contributed by atoms with Gasteiger partial charge in [-0.05, 0) is 32.4 Å². The zero-order valence-corrected chi connectivity index (χ0v) is 15.1. The van der Waals surface area contributed by atoms with Crippen LogP contribution in [0.4, 0.5) is 0 Å². The van der Waals surface area contributed by atoms with Gasteiger partial charge in [0.15, 0.2) is 5.96 Å². The standard InChI is InChI=1S/C17H31N5O/c1-17(2,3)14-10-19-15(23-14)11-21-16(18-4)20-9-13-7-6-8-22(5)12-13/h10,13H,6-9,11-12H2,1-5H3,(H2,18,20,21). The van der Waals surface area contributed by atoms with Crippen molar-refractivity contribution in [3.63, 3.8) is 0 Å². The number of rotatable bonds is 4. The van der Waals surface area contributed by atoms with Crippen molar-refractivity contribution >= 4 is 5.96 Å². The summed E-state index contributed by atoms with van der Waals surface area (Å²) in [4.78, 5) is 11.0. The first kappa shape index (κ1) is 17.8. The van der Waals surface area contributed by atoms with Gasteiger partial charge in [0.25, 0.3) is 0 Å². The minimum atomic E-state index is -0.0157. The van der Waals surface area contributed by atoms with E-state index in [-0.39, 0.29) is 5.41 Å². The number of piperidine rings is 1. The molecule has 6 nitrogen and oxygen atoms in total. The SMILES string of the molecule is CN=C(NCc1ncc(C(C)(C)C)o1)NCC1CCCN(C)C1. The third-order valence-electron chi connectivity index (χ3n) is 4.20. The van der Waals surface area contributed by atoms with Gasteiger partial charge >= 0.3 is 0 Å². The topological polar surface area (TPSA) is 65.7 Å². The fraction of sp³-hybridized carbons (Fsp3) is 0.765. The Bertz CT molecular complexity index is 517. The van der Waals surface area contributed by atoms with Crippen molar-refractivity contribution in [1.29, 1.82) is 0 Å². The summed E-state index contributed by atoms with van der Waals surface area (Å²) >= 11 is 0. The molecule has 1 aliphatic rings. The Balaban J connectivity index is 1.78. The van der Waals surface area contributed by atoms with E-state index in [4.69, 9.17) is 4.42 Å². The molecule has 2 heterocycles. The number of likely N-dealkylation sites (tertiary alicyclic amines) is 1. The second kappa shape index (κ2) is 7.81. The summed E-state index contributed by atoms with van der Waals surface area (Å²) in [5.41, 5.74) is -0.0157. The number of guanidine groups is 1. The Kier molecular flexibility index (Phi) is 6.04. The van der Waals surface area contributed by atoms with Crippen LogP contribution in [0, 0.1) is 5.92 Å². The van der Waals surface area contributed by atoms with Crippen LogP contribution in [0.3, 0.4) is 0 Å². The van der Waals surface area contributed by atoms with Crippen molar-refractivity contribution in [2.75, 3.05) is 33.7 Å². The molecule has 1 atom stereocenters. The van der Waals surface area contributed by atoms with Gasteiger partial charge in [0, 0.05) is 25.6 Å². The van der Waals surface area contributed by atoms with Gasteiger partial charge < -0.3 is 20.0 Å². The Morgan fingerprint density at radius 1 is 1.43 bits per heavy atom. The normalized spacial score (nSPS) is 20.6. The van der Waals surface area contributed by atoms with Gasteiger partial charge in [-0.1, -0.05) is 20.8 Å². The second-order valence-electron chi connectivity index (χ2n) is 7.45. The third-order valence-corrected chi connectivity index (χ3v) is 4.20. The lowest BCUT2D eigenvalue weighted by Crippen LogP contribution is -2.43. The first-order valence-corrected chi connectivity index (χ1v) is 8.46. The Hall–Kier alpha value is -1.56. The Morgan fingerprint density at radius 2 is 2.22 bits per heavy atom. The molecule has 1 fully saturated rings. The summed E-state index contributed by atoms with van der Waals surface area (Å²) < 4.78 is 5.79. The number of nitrogens with one attached hydrogen (secondary N) is 2. The molecular weight excluding hydrogens is 290 g/mol. The maximum Gasteiger partial charge on any atom is 0.213 e. The molecule has 1 aliphatic heterocycles. The van der Waals surface area contributed by atoms with Gasteiger partial charge in [0.05, 0.1) is 12.7 Å². The molecule has 130 valence electrons. The molecule has 1 aromatic rings. The summed E-state index contributed by atoms with van der Waals surface area (Å²) in [7, 11) is 3.98. The smallest absolute Gasteiger partial charge is 0.213 e. The molecule has 1 saturated heterocycles. The van der Waals surface area contributed by atoms with Gasteiger partial charge in [-0.15, -0.1) is 0 Å². The van der Waals surface area contributed by atoms with Crippen LogP contribution in [-0.4, -0.2) is 49.6 Å². The van der Waals surface area contributed by atoms with Crippen molar-refractivity contribution in [1.82, 2.24) is 20.5 Å². The minimum absolute atomic E-state index is 0.0157. The predicted molar refractivity (Wildman–Crippen MR) is 93.6 cm³/mol. The van der Waals surface area contributed by atoms with Crippen LogP contribution in [0.15, 0.2) is 15.6 Å². The number of aliphatic imine (C=N–C) groups is 1. The van der Waals surface area contributed by atoms with Gasteiger partial charge in [0.1, 0.15) is 5.76 Å². The summed E-state index contributed by atoms with van der Waals surface area (Å²) in [6, 6.07) is 0. The molecule has 23 heavy (non-hydrogen) atoms. The average Bonchev–Trinajstić information content (AvgIpc) is 2.96. The van der Waals surface area contributed by atoms with Crippen LogP contribution in [0.5, 0.6) is 0 Å². The molecule has 0 amide bonds. The zero-order chi connectivity index (χ0) is 16.9. The summed E-state index contributed by atoms with van der Waals surface area (Å²) in [5, 5.41) is 6.68. The van der Waals surface area contributed by atoms with Gasteiger partial charge in [-0.3, -0.25) is 4.99 Å². The van der Waals surface area contributed by atoms with Gasteiger partial charge in [0.2, 0.25) is 5.89 Å². The fourth-order valence-electron chi connectivity index (χ4n) is 2.80. The van der Waals surface area contributed by atoms with E-state index in [0.29, 0.717) is 18.4 Å². The van der Waals surface area contributed by atoms with E-state index in [2.05, 4.69) is 53.3 Å². The molecule has 1 aromatic heterocycles. The predicted octanol–water partition coefficient (Wildman–Crippen LogP) is 1.98. The minimum Gasteiger partial charge on any atom is -0.443 e. The zero-order valence-electron chi connectivity index (χ0n) is 15.1. The fourth-order valence-corrected chi connectivity index (χ4v) is 2.80. The van der Waals surface area contributed by atoms with Crippen LogP contribution in [0.2, 0.25) is 0 Å². The van der Waals surface area contributed by atoms with Crippen LogP contribution in [0.25, 0.3) is 0 Å². The molecule has 0 radical (unpaired) electrons. The van der Waals surface area contributed by atoms with Crippen molar-refractivity contribution in [2.45, 2.75) is 45.6 Å². The highest BCUT2D eigenvalue weighted by Crippen LogP contribution is 2.22. The van der Waals surface area contributed by atoms with Crippen LogP contribution in [-0.2, 0) is 12.0 Å². The molecule has 2 N–H and O–H groups in total. The highest BCUT2D eigenvalue weighted by atomic mass is 16.4. The molecule has 0 aliphatic carbocycles. The van der Waals surface area contributed by atoms with E-state index in [0.717, 1.165) is 24.8 Å². The lowest BCUT2D eigenvalue weighted by Gasteiger charge is -2.30. The van der Waals surface area contributed by atoms with Crippen molar-refractivity contribution in [3.05, 3.63) is 17.8 Å². The van der Waals surface area contributed by atoms with Crippen LogP contribution >= 0.6 is 0 Å². The largest absolute Gasteiger partial charge is 0.443 e. The van der Waals surface area contributed by atoms with Gasteiger partial charge in [-0.25, -0.2) is 4.98 Å². The average molecular weight is 321 g/mol. The molecule has 2 rings (SSSR count). The molecule has 0 saturated carbocycles. The van der Waals surface area contributed by atoms with E-state index in [1.807, 2.05) is 6.20 Å². The number of aromatic nitrogens is 1. The molecule has 0 spiro atoms. The first-order chi connectivity index (χ1) is 10.9. The van der Waals surface area contributed by atoms with E-state index in [9.17, 15) is 0 Å². The second-order valence-corrected chi connectivity index (χ2v) is 7.45. The molecule has 0 bridgehead atoms. The van der Waals surface area contributed by atoms with Crippen LogP contribution in [0.1, 0.15) is 45.3 Å². The molecular formula is C17H31N5O. The molecule has 1 unspecified atom stereocenters. The van der Waals surface area contributed by atoms with E-state index >= 15 is 0 Å². The Labute approximate surface area is 139 Å². The van der Waals surface area contributed by atoms with Crippen molar-refractivity contribution < 1.29 is 4.42 Å². The summed E-state index contributed by atoms with van der Waals surface area (Å²) in [6.45, 7) is 10.2. The van der Waals surface area contributed by atoms with Crippen molar-refractivity contribution in [2.24, 2.45) is 10.9 Å². The number of nitrogens with zero attached hydrogens (tertiary/aromatic N) is 3. The summed E-state index contributed by atoms with van der Waals surface area (Å²) in [5.74, 6) is 3.08. The quantitative estimate of drug-likeness (QED) is 0.656. The third kappa shape index (κ3) is 5.53. The van der Waals surface area contributed by atoms with E-state index in [1.54, 1.807) is 7.05 Å². The summed E-state index contributed by atoms with van der Waals surface area (Å²) in [6.07, 6.45) is 4.37. The number of hydrogen-bond donors (Lipinski definition) is 2. The maximum absolute atomic E-state index is 5.79. The molecule has 0 aromatic carbocycles. The monoisotopic (exact) mass is 321 g/mol. The highest BCUT2D eigenvalue weighted by Gasteiger charge is 2.19. The number of hydrogen-bond acceptors (Lipinski definition) is 4. The lowest BCUT2D eigenvalue weighted by molar-refractivity contribution is 0.210. The van der Waals surface area contributed by atoms with E-state index in [1.165, 1.54) is 19.4 Å². The van der Waals surface area contributed by atoms with Crippen molar-refractivity contribution in [3.8, 4) is 0 Å². The lowest BCUT2D eigenvalue weighted by atomic mass is 9.94. The molecule has 6 heteroatoms. The number of oxazole rings is 1. The first-order valence-electron chi connectivity index (χ1n) is 8.46. The maximum atomic E-state index is 5.79.